The molecule has 94 valence electrons. The van der Waals surface area contributed by atoms with Crippen molar-refractivity contribution in [3.63, 3.8) is 0 Å². The van der Waals surface area contributed by atoms with E-state index in [-0.39, 0.29) is 0 Å². The van der Waals surface area contributed by atoms with Gasteiger partial charge in [-0.1, -0.05) is 12.1 Å². The first-order valence-corrected chi connectivity index (χ1v) is 5.71. The van der Waals surface area contributed by atoms with E-state index in [0.717, 1.165) is 22.8 Å². The maximum Gasteiger partial charge on any atom is 0.127 e. The molecule has 18 heavy (non-hydrogen) atoms. The largest absolute Gasteiger partial charge is 0.497 e. The van der Waals surface area contributed by atoms with Gasteiger partial charge in [-0.2, -0.15) is 0 Å². The van der Waals surface area contributed by atoms with Crippen LogP contribution >= 0.6 is 0 Å². The Kier molecular flexibility index (Phi) is 4.20. The van der Waals surface area contributed by atoms with Crippen molar-refractivity contribution in [3.05, 3.63) is 54.1 Å². The average Bonchev–Trinajstić information content (AvgIpc) is 2.42. The van der Waals surface area contributed by atoms with E-state index in [1.54, 1.807) is 14.2 Å². The lowest BCUT2D eigenvalue weighted by molar-refractivity contribution is 0.185. The van der Waals surface area contributed by atoms with E-state index in [1.165, 1.54) is 0 Å². The highest BCUT2D eigenvalue weighted by atomic mass is 16.5. The van der Waals surface area contributed by atoms with Gasteiger partial charge >= 0.3 is 0 Å². The van der Waals surface area contributed by atoms with E-state index in [1.807, 2.05) is 48.5 Å². The summed E-state index contributed by atoms with van der Waals surface area (Å²) >= 11 is 0. The van der Waals surface area contributed by atoms with Gasteiger partial charge in [0.2, 0.25) is 0 Å². The van der Waals surface area contributed by atoms with Crippen molar-refractivity contribution in [2.75, 3.05) is 14.2 Å². The molecular weight excluding hydrogens is 228 g/mol. The predicted molar refractivity (Wildman–Crippen MR) is 70.2 cm³/mol. The van der Waals surface area contributed by atoms with Crippen molar-refractivity contribution in [2.24, 2.45) is 0 Å². The van der Waals surface area contributed by atoms with Gasteiger partial charge in [0, 0.05) is 7.11 Å². The molecule has 0 N–H and O–H groups in total. The SMILES string of the molecule is COCc1ccc(Oc2ccc(OC)cc2)cc1. The highest BCUT2D eigenvalue weighted by molar-refractivity contribution is 5.36. The van der Waals surface area contributed by atoms with Crippen molar-refractivity contribution < 1.29 is 14.2 Å². The number of hydrogen-bond acceptors (Lipinski definition) is 3. The Balaban J connectivity index is 2.03. The quantitative estimate of drug-likeness (QED) is 0.803. The number of methoxy groups -OCH3 is 2. The van der Waals surface area contributed by atoms with Crippen molar-refractivity contribution in [2.45, 2.75) is 6.61 Å². The van der Waals surface area contributed by atoms with Crippen molar-refractivity contribution >= 4 is 0 Å². The predicted octanol–water partition coefficient (Wildman–Crippen LogP) is 3.63. The lowest BCUT2D eigenvalue weighted by atomic mass is 10.2. The summed E-state index contributed by atoms with van der Waals surface area (Å²) in [5.74, 6) is 2.41. The van der Waals surface area contributed by atoms with Crippen LogP contribution < -0.4 is 9.47 Å². The van der Waals surface area contributed by atoms with Gasteiger partial charge in [0.15, 0.2) is 0 Å². The lowest BCUT2D eigenvalue weighted by Crippen LogP contribution is -1.88. The monoisotopic (exact) mass is 244 g/mol. The molecule has 0 saturated carbocycles. The average molecular weight is 244 g/mol. The van der Waals surface area contributed by atoms with Gasteiger partial charge in [-0.15, -0.1) is 0 Å². The topological polar surface area (TPSA) is 27.7 Å². The highest BCUT2D eigenvalue weighted by Gasteiger charge is 1.98. The Morgan fingerprint density at radius 1 is 0.722 bits per heavy atom. The third kappa shape index (κ3) is 3.25. The molecule has 0 radical (unpaired) electrons. The first kappa shape index (κ1) is 12.5. The molecule has 0 bridgehead atoms. The van der Waals surface area contributed by atoms with Gasteiger partial charge in [-0.3, -0.25) is 0 Å². The van der Waals surface area contributed by atoms with Crippen molar-refractivity contribution in [3.8, 4) is 17.2 Å². The fourth-order valence-corrected chi connectivity index (χ4v) is 1.60. The van der Waals surface area contributed by atoms with E-state index >= 15 is 0 Å². The second-order valence-electron chi connectivity index (χ2n) is 3.85. The number of ether oxygens (including phenoxy) is 3. The molecule has 0 fully saturated rings. The summed E-state index contributed by atoms with van der Waals surface area (Å²) in [7, 11) is 3.33. The summed E-state index contributed by atoms with van der Waals surface area (Å²) in [6, 6.07) is 15.3. The zero-order valence-electron chi connectivity index (χ0n) is 10.6. The first-order chi connectivity index (χ1) is 8.81. The lowest BCUT2D eigenvalue weighted by Gasteiger charge is -2.07. The molecular formula is C15H16O3. The minimum atomic E-state index is 0.614. The van der Waals surface area contributed by atoms with Crippen LogP contribution in [0.3, 0.4) is 0 Å². The van der Waals surface area contributed by atoms with E-state index in [9.17, 15) is 0 Å². The second-order valence-corrected chi connectivity index (χ2v) is 3.85. The first-order valence-electron chi connectivity index (χ1n) is 5.71. The maximum absolute atomic E-state index is 5.71. The van der Waals surface area contributed by atoms with Crippen LogP contribution in [0.4, 0.5) is 0 Å². The maximum atomic E-state index is 5.71. The molecule has 0 aromatic heterocycles. The normalized spacial score (nSPS) is 10.1. The van der Waals surface area contributed by atoms with Crippen molar-refractivity contribution in [1.82, 2.24) is 0 Å². The summed E-state index contributed by atoms with van der Waals surface area (Å²) in [5, 5.41) is 0. The fourth-order valence-electron chi connectivity index (χ4n) is 1.60. The molecule has 0 unspecified atom stereocenters. The molecule has 0 aliphatic rings. The molecule has 3 heteroatoms. The fraction of sp³-hybridized carbons (Fsp3) is 0.200. The minimum absolute atomic E-state index is 0.614. The van der Waals surface area contributed by atoms with Gasteiger partial charge in [-0.05, 0) is 42.0 Å². The molecule has 0 aliphatic carbocycles. The number of rotatable bonds is 5. The van der Waals surface area contributed by atoms with Crippen LogP contribution in [-0.2, 0) is 11.3 Å². The molecule has 0 amide bonds. The van der Waals surface area contributed by atoms with Gasteiger partial charge in [0.1, 0.15) is 17.2 Å². The Hall–Kier alpha value is -2.00. The molecule has 2 aromatic carbocycles. The standard InChI is InChI=1S/C15H16O3/c1-16-11-12-3-5-14(6-4-12)18-15-9-7-13(17-2)8-10-15/h3-10H,11H2,1-2H3. The summed E-state index contributed by atoms with van der Waals surface area (Å²) < 4.78 is 15.9. The van der Waals surface area contributed by atoms with Gasteiger partial charge in [0.05, 0.1) is 13.7 Å². The molecule has 0 aliphatic heterocycles. The van der Waals surface area contributed by atoms with Crippen LogP contribution in [0.25, 0.3) is 0 Å². The molecule has 2 aromatic rings. The van der Waals surface area contributed by atoms with Crippen LogP contribution in [0.1, 0.15) is 5.56 Å². The van der Waals surface area contributed by atoms with E-state index < -0.39 is 0 Å². The van der Waals surface area contributed by atoms with Crippen LogP contribution in [0.15, 0.2) is 48.5 Å². The van der Waals surface area contributed by atoms with Crippen LogP contribution in [0, 0.1) is 0 Å². The summed E-state index contributed by atoms with van der Waals surface area (Å²) in [6.07, 6.45) is 0. The molecule has 0 spiro atoms. The summed E-state index contributed by atoms with van der Waals surface area (Å²) in [4.78, 5) is 0. The Labute approximate surface area is 107 Å². The van der Waals surface area contributed by atoms with Crippen LogP contribution in [0.2, 0.25) is 0 Å². The van der Waals surface area contributed by atoms with Crippen LogP contribution in [0.5, 0.6) is 17.2 Å². The zero-order chi connectivity index (χ0) is 12.8. The van der Waals surface area contributed by atoms with E-state index in [0.29, 0.717) is 6.61 Å². The smallest absolute Gasteiger partial charge is 0.127 e. The molecule has 3 nitrogen and oxygen atoms in total. The Bertz CT molecular complexity index is 474. The van der Waals surface area contributed by atoms with E-state index in [4.69, 9.17) is 14.2 Å². The molecule has 0 saturated heterocycles. The molecule has 0 atom stereocenters. The Morgan fingerprint density at radius 2 is 1.22 bits per heavy atom. The van der Waals surface area contributed by atoms with Crippen molar-refractivity contribution in [1.29, 1.82) is 0 Å². The second kappa shape index (κ2) is 6.07. The zero-order valence-corrected chi connectivity index (χ0v) is 10.6. The van der Waals surface area contributed by atoms with Gasteiger partial charge < -0.3 is 14.2 Å². The third-order valence-electron chi connectivity index (χ3n) is 2.53. The van der Waals surface area contributed by atoms with Gasteiger partial charge in [-0.25, -0.2) is 0 Å². The number of hydrogen-bond donors (Lipinski definition) is 0. The minimum Gasteiger partial charge on any atom is -0.497 e. The highest BCUT2D eigenvalue weighted by Crippen LogP contribution is 2.24. The molecule has 0 heterocycles. The summed E-state index contributed by atoms with van der Waals surface area (Å²) in [6.45, 7) is 0.614. The third-order valence-corrected chi connectivity index (χ3v) is 2.53. The molecule has 2 rings (SSSR count). The van der Waals surface area contributed by atoms with E-state index in [2.05, 4.69) is 0 Å². The number of benzene rings is 2. The summed E-state index contributed by atoms with van der Waals surface area (Å²) in [5.41, 5.74) is 1.12. The van der Waals surface area contributed by atoms with Gasteiger partial charge in [0.25, 0.3) is 0 Å². The Morgan fingerprint density at radius 3 is 1.72 bits per heavy atom. The van der Waals surface area contributed by atoms with Crippen LogP contribution in [-0.4, -0.2) is 14.2 Å².